The summed E-state index contributed by atoms with van der Waals surface area (Å²) in [6, 6.07) is 19.3. The molecule has 0 aliphatic carbocycles. The average Bonchev–Trinajstić information content (AvgIpc) is 3.02. The number of rotatable bonds is 12. The van der Waals surface area contributed by atoms with Crippen molar-refractivity contribution in [1.29, 1.82) is 0 Å². The molecule has 0 radical (unpaired) electrons. The number of methoxy groups -OCH3 is 2. The Morgan fingerprint density at radius 2 is 1.67 bits per heavy atom. The van der Waals surface area contributed by atoms with E-state index in [9.17, 15) is 14.4 Å². The van der Waals surface area contributed by atoms with Gasteiger partial charge in [-0.05, 0) is 86.5 Å². The molecule has 1 fully saturated rings. The molecule has 1 saturated heterocycles. The van der Waals surface area contributed by atoms with Crippen LogP contribution in [0.5, 0.6) is 17.2 Å². The molecule has 2 amide bonds. The molecule has 10 nitrogen and oxygen atoms in total. The first-order valence-corrected chi connectivity index (χ1v) is 14.8. The topological polar surface area (TPSA) is 116 Å². The number of nitrogens with one attached hydrogen (secondary N) is 1. The summed E-state index contributed by atoms with van der Waals surface area (Å²) < 4.78 is 21.3. The van der Waals surface area contributed by atoms with Crippen LogP contribution in [0.2, 0.25) is 0 Å². The van der Waals surface area contributed by atoms with Crippen LogP contribution < -0.4 is 19.5 Å². The van der Waals surface area contributed by atoms with Gasteiger partial charge in [-0.2, -0.15) is 0 Å². The number of thioether (sulfide) groups is 1. The van der Waals surface area contributed by atoms with E-state index in [2.05, 4.69) is 5.32 Å². The Bertz CT molecular complexity index is 1460. The van der Waals surface area contributed by atoms with E-state index in [-0.39, 0.29) is 24.8 Å². The van der Waals surface area contributed by atoms with Gasteiger partial charge in [0, 0.05) is 18.7 Å². The van der Waals surface area contributed by atoms with Gasteiger partial charge in [0.25, 0.3) is 0 Å². The third-order valence-corrected chi connectivity index (χ3v) is 7.73. The van der Waals surface area contributed by atoms with Crippen LogP contribution in [0.3, 0.4) is 0 Å². The number of amidine groups is 1. The minimum absolute atomic E-state index is 0.0142. The average molecular weight is 606 g/mol. The number of hydrogen-bond acceptors (Lipinski definition) is 9. The lowest BCUT2D eigenvalue weighted by molar-refractivity contribution is -0.129. The number of anilines is 1. The highest BCUT2D eigenvalue weighted by molar-refractivity contribution is 8.15. The van der Waals surface area contributed by atoms with Crippen LogP contribution in [0.25, 0.3) is 0 Å². The molecule has 3 aromatic rings. The summed E-state index contributed by atoms with van der Waals surface area (Å²) in [7, 11) is 3.15. The number of benzene rings is 3. The van der Waals surface area contributed by atoms with E-state index >= 15 is 0 Å². The summed E-state index contributed by atoms with van der Waals surface area (Å²) >= 11 is 1.23. The molecule has 1 N–H and O–H groups in total. The van der Waals surface area contributed by atoms with Gasteiger partial charge < -0.3 is 24.3 Å². The van der Waals surface area contributed by atoms with Crippen molar-refractivity contribution in [3.8, 4) is 17.2 Å². The summed E-state index contributed by atoms with van der Waals surface area (Å²) in [5.41, 5.74) is 2.48. The Labute approximate surface area is 255 Å². The highest BCUT2D eigenvalue weighted by Crippen LogP contribution is 2.32. The third-order valence-electron chi connectivity index (χ3n) is 6.54. The molecule has 43 heavy (non-hydrogen) atoms. The van der Waals surface area contributed by atoms with Crippen LogP contribution in [0, 0.1) is 0 Å². The lowest BCUT2D eigenvalue weighted by atomic mass is 10.1. The van der Waals surface area contributed by atoms with E-state index in [0.717, 1.165) is 5.56 Å². The molecule has 11 heteroatoms. The minimum Gasteiger partial charge on any atom is -0.494 e. The predicted octanol–water partition coefficient (Wildman–Crippen LogP) is 5.48. The number of esters is 1. The fourth-order valence-corrected chi connectivity index (χ4v) is 5.48. The second-order valence-electron chi connectivity index (χ2n) is 9.40. The van der Waals surface area contributed by atoms with E-state index in [1.165, 1.54) is 11.8 Å². The predicted molar refractivity (Wildman–Crippen MR) is 167 cm³/mol. The summed E-state index contributed by atoms with van der Waals surface area (Å²) in [6.45, 7) is 4.81. The number of carbonyl (C=O) groups excluding carboxylic acids is 3. The first-order chi connectivity index (χ1) is 20.8. The molecule has 1 aliphatic rings. The van der Waals surface area contributed by atoms with Crippen molar-refractivity contribution >= 4 is 46.1 Å². The van der Waals surface area contributed by atoms with E-state index in [0.29, 0.717) is 58.9 Å². The first kappa shape index (κ1) is 31.4. The van der Waals surface area contributed by atoms with Crippen molar-refractivity contribution in [2.45, 2.75) is 31.9 Å². The zero-order valence-electron chi connectivity index (χ0n) is 24.6. The van der Waals surface area contributed by atoms with Crippen molar-refractivity contribution in [1.82, 2.24) is 4.90 Å². The highest BCUT2D eigenvalue weighted by Gasteiger charge is 2.36. The Morgan fingerprint density at radius 1 is 0.953 bits per heavy atom. The van der Waals surface area contributed by atoms with Gasteiger partial charge in [0.05, 0.1) is 38.7 Å². The van der Waals surface area contributed by atoms with Gasteiger partial charge in [0.15, 0.2) is 16.7 Å². The molecule has 1 aliphatic heterocycles. The number of aliphatic imine (C=N–C) groups is 1. The monoisotopic (exact) mass is 605 g/mol. The largest absolute Gasteiger partial charge is 0.494 e. The quantitative estimate of drug-likeness (QED) is 0.270. The van der Waals surface area contributed by atoms with Crippen LogP contribution in [-0.4, -0.2) is 67.1 Å². The second-order valence-corrected chi connectivity index (χ2v) is 10.6. The van der Waals surface area contributed by atoms with Crippen LogP contribution in [-0.2, 0) is 20.7 Å². The summed E-state index contributed by atoms with van der Waals surface area (Å²) in [5, 5.41) is 2.61. The molecular weight excluding hydrogens is 570 g/mol. The maximum atomic E-state index is 13.5. The molecule has 0 saturated carbocycles. The molecule has 1 heterocycles. The lowest BCUT2D eigenvalue weighted by Crippen LogP contribution is -2.46. The number of nitrogens with zero attached hydrogens (tertiary/aromatic N) is 2. The number of ether oxygens (including phenoxy) is 4. The van der Waals surface area contributed by atoms with Crippen molar-refractivity contribution in [2.75, 3.05) is 39.3 Å². The Morgan fingerprint density at radius 3 is 2.33 bits per heavy atom. The molecule has 0 spiro atoms. The second kappa shape index (κ2) is 15.1. The molecular formula is C32H35N3O7S. The highest BCUT2D eigenvalue weighted by atomic mass is 32.2. The van der Waals surface area contributed by atoms with Gasteiger partial charge in [0.1, 0.15) is 11.0 Å². The fraction of sp³-hybridized carbons (Fsp3) is 0.312. The van der Waals surface area contributed by atoms with Gasteiger partial charge in [-0.1, -0.05) is 17.8 Å². The first-order valence-electron chi connectivity index (χ1n) is 13.9. The Hall–Kier alpha value is -4.51. The molecule has 226 valence electrons. The lowest BCUT2D eigenvalue weighted by Gasteiger charge is -2.32. The molecule has 1 atom stereocenters. The van der Waals surface area contributed by atoms with Crippen LogP contribution in [0.15, 0.2) is 71.7 Å². The maximum Gasteiger partial charge on any atom is 0.338 e. The molecule has 1 unspecified atom stereocenters. The van der Waals surface area contributed by atoms with Gasteiger partial charge >= 0.3 is 5.97 Å². The SMILES string of the molecule is CCOC(=O)c1ccc(N=C2SC(C(=O)Nc3ccc(OCC)cc3)CC(=O)N2CCc2ccc(OC)c(OC)c2)cc1. The molecule has 0 bridgehead atoms. The van der Waals surface area contributed by atoms with E-state index < -0.39 is 11.2 Å². The van der Waals surface area contributed by atoms with Crippen molar-refractivity contribution < 1.29 is 33.3 Å². The van der Waals surface area contributed by atoms with Crippen molar-refractivity contribution in [3.63, 3.8) is 0 Å². The summed E-state index contributed by atoms with van der Waals surface area (Å²) in [4.78, 5) is 45.1. The van der Waals surface area contributed by atoms with Crippen LogP contribution >= 0.6 is 11.8 Å². The van der Waals surface area contributed by atoms with Gasteiger partial charge in [-0.15, -0.1) is 0 Å². The normalized spacial score (nSPS) is 15.6. The molecule has 3 aromatic carbocycles. The van der Waals surface area contributed by atoms with Gasteiger partial charge in [0.2, 0.25) is 11.8 Å². The zero-order chi connectivity index (χ0) is 30.8. The van der Waals surface area contributed by atoms with Crippen molar-refractivity contribution in [2.24, 2.45) is 4.99 Å². The van der Waals surface area contributed by atoms with E-state index in [4.69, 9.17) is 23.9 Å². The molecule has 0 aromatic heterocycles. The Balaban J connectivity index is 1.55. The van der Waals surface area contributed by atoms with E-state index in [1.807, 2.05) is 25.1 Å². The summed E-state index contributed by atoms with van der Waals surface area (Å²) in [6.07, 6.45) is 0.538. The summed E-state index contributed by atoms with van der Waals surface area (Å²) in [5.74, 6) is 0.981. The number of hydrogen-bond donors (Lipinski definition) is 1. The van der Waals surface area contributed by atoms with E-state index in [1.54, 1.807) is 74.6 Å². The molecule has 4 rings (SSSR count). The maximum absolute atomic E-state index is 13.5. The Kier molecular flexibility index (Phi) is 11.0. The van der Waals surface area contributed by atoms with Gasteiger partial charge in [-0.25, -0.2) is 9.79 Å². The number of amides is 2. The minimum atomic E-state index is -0.686. The van der Waals surface area contributed by atoms with Crippen LogP contribution in [0.1, 0.15) is 36.2 Å². The fourth-order valence-electron chi connectivity index (χ4n) is 4.36. The standard InChI is InChI=1S/C32H35N3O7S/c1-5-41-25-14-12-23(13-15-25)33-30(37)28-20-29(36)35(18-17-21-7-16-26(39-3)27(19-21)40-4)32(43-28)34-24-10-8-22(9-11-24)31(38)42-6-2/h7-16,19,28H,5-6,17-18,20H2,1-4H3,(H,33,37). The smallest absolute Gasteiger partial charge is 0.338 e. The van der Waals surface area contributed by atoms with Crippen LogP contribution in [0.4, 0.5) is 11.4 Å². The third kappa shape index (κ3) is 8.29. The number of carbonyl (C=O) groups is 3. The zero-order valence-corrected chi connectivity index (χ0v) is 25.4. The van der Waals surface area contributed by atoms with Crippen molar-refractivity contribution in [3.05, 3.63) is 77.9 Å². The van der Waals surface area contributed by atoms with Gasteiger partial charge in [-0.3, -0.25) is 14.5 Å².